The van der Waals surface area contributed by atoms with Gasteiger partial charge in [-0.05, 0) is 30.5 Å². The van der Waals surface area contributed by atoms with Crippen molar-refractivity contribution in [2.75, 3.05) is 0 Å². The number of aryl methyl sites for hydroxylation is 1. The maximum absolute atomic E-state index is 13.0. The highest BCUT2D eigenvalue weighted by molar-refractivity contribution is 5.24. The molecule has 1 aromatic carbocycles. The van der Waals surface area contributed by atoms with Crippen molar-refractivity contribution in [3.8, 4) is 12.3 Å². The normalized spacial score (nSPS) is 12.1. The summed E-state index contributed by atoms with van der Waals surface area (Å²) < 4.78 is 13.0. The minimum absolute atomic E-state index is 0.107. The third-order valence-electron chi connectivity index (χ3n) is 2.55. The van der Waals surface area contributed by atoms with Gasteiger partial charge >= 0.3 is 0 Å². The molecular formula is C14H18FN. The summed E-state index contributed by atoms with van der Waals surface area (Å²) in [5, 5.41) is 3.27. The van der Waals surface area contributed by atoms with Crippen LogP contribution in [0.25, 0.3) is 0 Å². The second-order valence-electron chi connectivity index (χ2n) is 3.97. The molecule has 1 N–H and O–H groups in total. The first kappa shape index (κ1) is 12.7. The molecule has 0 amide bonds. The van der Waals surface area contributed by atoms with E-state index < -0.39 is 0 Å². The van der Waals surface area contributed by atoms with Crippen molar-refractivity contribution in [1.29, 1.82) is 0 Å². The Morgan fingerprint density at radius 3 is 2.81 bits per heavy atom. The third-order valence-corrected chi connectivity index (χ3v) is 2.55. The Morgan fingerprint density at radius 2 is 2.25 bits per heavy atom. The van der Waals surface area contributed by atoms with Gasteiger partial charge in [0.1, 0.15) is 5.82 Å². The van der Waals surface area contributed by atoms with Crippen molar-refractivity contribution in [3.05, 3.63) is 35.1 Å². The van der Waals surface area contributed by atoms with Crippen LogP contribution in [0.2, 0.25) is 0 Å². The second kappa shape index (κ2) is 6.30. The number of hydrogen-bond donors (Lipinski definition) is 1. The maximum atomic E-state index is 13.0. The van der Waals surface area contributed by atoms with Gasteiger partial charge in [-0.3, -0.25) is 5.32 Å². The van der Waals surface area contributed by atoms with Crippen LogP contribution in [0.5, 0.6) is 0 Å². The molecule has 0 aliphatic carbocycles. The molecule has 0 aliphatic heterocycles. The van der Waals surface area contributed by atoms with Gasteiger partial charge in [-0.15, -0.1) is 6.42 Å². The zero-order valence-corrected chi connectivity index (χ0v) is 9.89. The van der Waals surface area contributed by atoms with E-state index in [0.717, 1.165) is 18.4 Å². The van der Waals surface area contributed by atoms with Crippen LogP contribution in [-0.2, 0) is 6.54 Å². The lowest BCUT2D eigenvalue weighted by Gasteiger charge is -2.12. The van der Waals surface area contributed by atoms with Crippen molar-refractivity contribution in [2.45, 2.75) is 39.3 Å². The Hall–Kier alpha value is -1.33. The van der Waals surface area contributed by atoms with Crippen LogP contribution in [0, 0.1) is 25.1 Å². The predicted octanol–water partition coefficient (Wildman–Crippen LogP) is 3.03. The topological polar surface area (TPSA) is 12.0 Å². The van der Waals surface area contributed by atoms with Gasteiger partial charge in [0.2, 0.25) is 0 Å². The molecular weight excluding hydrogens is 201 g/mol. The first-order chi connectivity index (χ1) is 7.67. The highest BCUT2D eigenvalue weighted by atomic mass is 19.1. The summed E-state index contributed by atoms with van der Waals surface area (Å²) in [5.41, 5.74) is 1.74. The third kappa shape index (κ3) is 3.67. The summed E-state index contributed by atoms with van der Waals surface area (Å²) in [4.78, 5) is 0. The molecule has 0 radical (unpaired) electrons. The summed E-state index contributed by atoms with van der Waals surface area (Å²) in [6.07, 6.45) is 7.43. The number of nitrogens with one attached hydrogen (secondary N) is 1. The van der Waals surface area contributed by atoms with Crippen LogP contribution < -0.4 is 5.32 Å². The Bertz CT molecular complexity index is 379. The van der Waals surface area contributed by atoms with Gasteiger partial charge in [0, 0.05) is 6.54 Å². The molecule has 0 saturated carbocycles. The van der Waals surface area contributed by atoms with Crippen molar-refractivity contribution >= 4 is 0 Å². The SMILES string of the molecule is C#CC(CCC)NCc1ccc(F)c(C)c1. The number of terminal acetylenes is 1. The fraction of sp³-hybridized carbons (Fsp3) is 0.429. The summed E-state index contributed by atoms with van der Waals surface area (Å²) in [6, 6.07) is 5.24. The number of rotatable bonds is 5. The van der Waals surface area contributed by atoms with Crippen LogP contribution in [0.4, 0.5) is 4.39 Å². The van der Waals surface area contributed by atoms with E-state index >= 15 is 0 Å². The quantitative estimate of drug-likeness (QED) is 0.751. The second-order valence-corrected chi connectivity index (χ2v) is 3.97. The van der Waals surface area contributed by atoms with Crippen LogP contribution >= 0.6 is 0 Å². The summed E-state index contributed by atoms with van der Waals surface area (Å²) >= 11 is 0. The van der Waals surface area contributed by atoms with Crippen molar-refractivity contribution in [2.24, 2.45) is 0 Å². The Balaban J connectivity index is 2.54. The van der Waals surface area contributed by atoms with E-state index in [0.29, 0.717) is 12.1 Å². The van der Waals surface area contributed by atoms with E-state index in [-0.39, 0.29) is 11.9 Å². The number of benzene rings is 1. The van der Waals surface area contributed by atoms with Crippen LogP contribution in [-0.4, -0.2) is 6.04 Å². The lowest BCUT2D eigenvalue weighted by molar-refractivity contribution is 0.561. The fourth-order valence-electron chi connectivity index (χ4n) is 1.59. The van der Waals surface area contributed by atoms with E-state index in [1.54, 1.807) is 13.0 Å². The van der Waals surface area contributed by atoms with Crippen LogP contribution in [0.3, 0.4) is 0 Å². The molecule has 0 spiro atoms. The van der Waals surface area contributed by atoms with E-state index in [1.165, 1.54) is 6.07 Å². The van der Waals surface area contributed by atoms with Crippen molar-refractivity contribution < 1.29 is 4.39 Å². The Kier molecular flexibility index (Phi) is 5.01. The van der Waals surface area contributed by atoms with Gasteiger partial charge in [0.25, 0.3) is 0 Å². The smallest absolute Gasteiger partial charge is 0.126 e. The molecule has 1 rings (SSSR count). The van der Waals surface area contributed by atoms with Gasteiger partial charge in [-0.2, -0.15) is 0 Å². The molecule has 1 atom stereocenters. The Morgan fingerprint density at radius 1 is 1.50 bits per heavy atom. The van der Waals surface area contributed by atoms with Gasteiger partial charge < -0.3 is 0 Å². The Labute approximate surface area is 97.1 Å². The van der Waals surface area contributed by atoms with Crippen LogP contribution in [0.1, 0.15) is 30.9 Å². The molecule has 2 heteroatoms. The van der Waals surface area contributed by atoms with Gasteiger partial charge in [-0.25, -0.2) is 4.39 Å². The molecule has 0 saturated heterocycles. The summed E-state index contributed by atoms with van der Waals surface area (Å²) in [7, 11) is 0. The number of hydrogen-bond acceptors (Lipinski definition) is 1. The molecule has 1 aromatic rings. The first-order valence-electron chi connectivity index (χ1n) is 5.62. The van der Waals surface area contributed by atoms with Gasteiger partial charge in [0.05, 0.1) is 6.04 Å². The molecule has 0 aliphatic rings. The molecule has 86 valence electrons. The lowest BCUT2D eigenvalue weighted by atomic mass is 10.1. The monoisotopic (exact) mass is 219 g/mol. The first-order valence-corrected chi connectivity index (χ1v) is 5.62. The predicted molar refractivity (Wildman–Crippen MR) is 65.5 cm³/mol. The molecule has 1 unspecified atom stereocenters. The highest BCUT2D eigenvalue weighted by Gasteiger charge is 2.03. The molecule has 1 nitrogen and oxygen atoms in total. The van der Waals surface area contributed by atoms with E-state index in [2.05, 4.69) is 18.2 Å². The lowest BCUT2D eigenvalue weighted by Crippen LogP contribution is -2.26. The van der Waals surface area contributed by atoms with Crippen molar-refractivity contribution in [1.82, 2.24) is 5.32 Å². The molecule has 0 bridgehead atoms. The molecule has 0 heterocycles. The largest absolute Gasteiger partial charge is 0.300 e. The molecule has 16 heavy (non-hydrogen) atoms. The van der Waals surface area contributed by atoms with E-state index in [9.17, 15) is 4.39 Å². The average molecular weight is 219 g/mol. The zero-order valence-electron chi connectivity index (χ0n) is 9.89. The minimum Gasteiger partial charge on any atom is -0.300 e. The number of halogens is 1. The van der Waals surface area contributed by atoms with E-state index in [4.69, 9.17) is 6.42 Å². The maximum Gasteiger partial charge on any atom is 0.126 e. The van der Waals surface area contributed by atoms with Crippen molar-refractivity contribution in [3.63, 3.8) is 0 Å². The van der Waals surface area contributed by atoms with E-state index in [1.807, 2.05) is 6.07 Å². The standard InChI is InChI=1S/C14H18FN/c1-4-6-13(5-2)16-10-12-7-8-14(15)11(3)9-12/h2,7-9,13,16H,4,6,10H2,1,3H3. The molecule has 0 aromatic heterocycles. The molecule has 0 fully saturated rings. The van der Waals surface area contributed by atoms with Gasteiger partial charge in [0.15, 0.2) is 0 Å². The highest BCUT2D eigenvalue weighted by Crippen LogP contribution is 2.09. The zero-order chi connectivity index (χ0) is 12.0. The summed E-state index contributed by atoms with van der Waals surface area (Å²) in [6.45, 7) is 4.56. The summed E-state index contributed by atoms with van der Waals surface area (Å²) in [5.74, 6) is 2.55. The minimum atomic E-state index is -0.161. The van der Waals surface area contributed by atoms with Crippen LogP contribution in [0.15, 0.2) is 18.2 Å². The van der Waals surface area contributed by atoms with Gasteiger partial charge in [-0.1, -0.05) is 31.4 Å². The fourth-order valence-corrected chi connectivity index (χ4v) is 1.59. The average Bonchev–Trinajstić information content (AvgIpc) is 2.28.